The lowest BCUT2D eigenvalue weighted by Crippen LogP contribution is -2.15. The summed E-state index contributed by atoms with van der Waals surface area (Å²) in [5, 5.41) is 14.3. The Bertz CT molecular complexity index is 1270. The maximum atomic E-state index is 12.6. The van der Waals surface area contributed by atoms with Crippen LogP contribution in [0.3, 0.4) is 0 Å². The van der Waals surface area contributed by atoms with Crippen LogP contribution in [0, 0.1) is 24.0 Å². The molecule has 8 nitrogen and oxygen atoms in total. The number of anilines is 2. The lowest BCUT2D eigenvalue weighted by Gasteiger charge is -2.11. The van der Waals surface area contributed by atoms with Crippen LogP contribution in [0.1, 0.15) is 21.5 Å². The number of nitrogens with one attached hydrogen (secondary N) is 2. The van der Waals surface area contributed by atoms with E-state index >= 15 is 0 Å². The van der Waals surface area contributed by atoms with Crippen molar-refractivity contribution in [1.29, 1.82) is 0 Å². The van der Waals surface area contributed by atoms with Gasteiger partial charge in [-0.2, -0.15) is 0 Å². The molecule has 2 N–H and O–H groups in total. The van der Waals surface area contributed by atoms with E-state index in [0.717, 1.165) is 11.6 Å². The maximum Gasteiger partial charge on any atom is 0.273 e. The van der Waals surface area contributed by atoms with Crippen molar-refractivity contribution in [1.82, 2.24) is 0 Å². The minimum atomic E-state index is -4.05. The van der Waals surface area contributed by atoms with E-state index in [-0.39, 0.29) is 22.2 Å². The van der Waals surface area contributed by atoms with Gasteiger partial charge in [0.2, 0.25) is 0 Å². The highest BCUT2D eigenvalue weighted by molar-refractivity contribution is 7.92. The zero-order valence-electron chi connectivity index (χ0n) is 16.5. The number of halogens is 1. The van der Waals surface area contributed by atoms with Crippen LogP contribution in [0.4, 0.5) is 17.1 Å². The Labute approximate surface area is 184 Å². The summed E-state index contributed by atoms with van der Waals surface area (Å²) < 4.78 is 27.5. The molecule has 0 aliphatic heterocycles. The standard InChI is InChI=1S/C21H18ClN3O5S/c1-13-3-7-16(22)11-19(13)23-21(26)15-5-8-17(9-6-15)24-31(29,30)18-10-4-14(2)20(12-18)25(27)28/h3-12,24H,1-2H3,(H,23,26). The lowest BCUT2D eigenvalue weighted by molar-refractivity contribution is -0.385. The van der Waals surface area contributed by atoms with Gasteiger partial charge in [-0.3, -0.25) is 19.6 Å². The SMILES string of the molecule is Cc1ccc(Cl)cc1NC(=O)c1ccc(NS(=O)(=O)c2ccc(C)c([N+](=O)[O-])c2)cc1. The second-order valence-corrected chi connectivity index (χ2v) is 8.92. The van der Waals surface area contributed by atoms with Crippen LogP contribution in [-0.4, -0.2) is 19.2 Å². The van der Waals surface area contributed by atoms with Gasteiger partial charge in [0, 0.05) is 33.6 Å². The number of amides is 1. The van der Waals surface area contributed by atoms with Crippen molar-refractivity contribution in [2.45, 2.75) is 18.7 Å². The van der Waals surface area contributed by atoms with Gasteiger partial charge in [-0.15, -0.1) is 0 Å². The van der Waals surface area contributed by atoms with Gasteiger partial charge in [0.1, 0.15) is 0 Å². The summed E-state index contributed by atoms with van der Waals surface area (Å²) in [7, 11) is -4.05. The number of carbonyl (C=O) groups excluding carboxylic acids is 1. The number of aryl methyl sites for hydroxylation is 2. The van der Waals surface area contributed by atoms with Crippen LogP contribution >= 0.6 is 11.6 Å². The van der Waals surface area contributed by atoms with Gasteiger partial charge in [-0.1, -0.05) is 23.7 Å². The highest BCUT2D eigenvalue weighted by Gasteiger charge is 2.20. The summed E-state index contributed by atoms with van der Waals surface area (Å²) in [6.45, 7) is 3.36. The van der Waals surface area contributed by atoms with E-state index in [9.17, 15) is 23.3 Å². The van der Waals surface area contributed by atoms with Crippen molar-refractivity contribution >= 4 is 44.6 Å². The van der Waals surface area contributed by atoms with Crippen molar-refractivity contribution < 1.29 is 18.1 Å². The van der Waals surface area contributed by atoms with Crippen molar-refractivity contribution in [3.63, 3.8) is 0 Å². The Kier molecular flexibility index (Phi) is 6.28. The molecule has 0 radical (unpaired) electrons. The number of nitrogens with zero attached hydrogens (tertiary/aromatic N) is 1. The topological polar surface area (TPSA) is 118 Å². The van der Waals surface area contributed by atoms with Gasteiger partial charge in [-0.25, -0.2) is 8.42 Å². The molecule has 0 saturated heterocycles. The number of benzene rings is 3. The Morgan fingerprint density at radius 1 is 0.968 bits per heavy atom. The zero-order chi connectivity index (χ0) is 22.8. The quantitative estimate of drug-likeness (QED) is 0.400. The fraction of sp³-hybridized carbons (Fsp3) is 0.0952. The van der Waals surface area contributed by atoms with Crippen molar-refractivity contribution in [3.8, 4) is 0 Å². The normalized spacial score (nSPS) is 11.1. The predicted octanol–water partition coefficient (Wildman–Crippen LogP) is 4.92. The smallest absolute Gasteiger partial charge is 0.273 e. The number of rotatable bonds is 6. The second-order valence-electron chi connectivity index (χ2n) is 6.80. The highest BCUT2D eigenvalue weighted by atomic mass is 35.5. The number of hydrogen-bond acceptors (Lipinski definition) is 5. The number of hydrogen-bond donors (Lipinski definition) is 2. The Balaban J connectivity index is 1.77. The molecule has 0 spiro atoms. The van der Waals surface area contributed by atoms with Gasteiger partial charge >= 0.3 is 0 Å². The van der Waals surface area contributed by atoms with Crippen LogP contribution < -0.4 is 10.0 Å². The van der Waals surface area contributed by atoms with Crippen molar-refractivity contribution in [2.24, 2.45) is 0 Å². The van der Waals surface area contributed by atoms with Crippen molar-refractivity contribution in [3.05, 3.63) is 92.5 Å². The monoisotopic (exact) mass is 459 g/mol. The fourth-order valence-electron chi connectivity index (χ4n) is 2.78. The van der Waals surface area contributed by atoms with Crippen LogP contribution in [0.5, 0.6) is 0 Å². The minimum absolute atomic E-state index is 0.207. The number of sulfonamides is 1. The van der Waals surface area contributed by atoms with Crippen LogP contribution in [0.15, 0.2) is 65.6 Å². The van der Waals surface area contributed by atoms with Crippen molar-refractivity contribution in [2.75, 3.05) is 10.0 Å². The number of nitro benzene ring substituents is 1. The summed E-state index contributed by atoms with van der Waals surface area (Å²) in [6.07, 6.45) is 0. The molecule has 160 valence electrons. The molecule has 10 heteroatoms. The molecule has 3 aromatic rings. The highest BCUT2D eigenvalue weighted by Crippen LogP contribution is 2.25. The number of nitro groups is 1. The first-order valence-electron chi connectivity index (χ1n) is 9.02. The van der Waals surface area contributed by atoms with E-state index in [1.807, 2.05) is 6.92 Å². The molecule has 0 heterocycles. The van der Waals surface area contributed by atoms with E-state index in [2.05, 4.69) is 10.0 Å². The Morgan fingerprint density at radius 2 is 1.61 bits per heavy atom. The second kappa shape index (κ2) is 8.75. The molecule has 0 aliphatic rings. The van der Waals surface area contributed by atoms with E-state index in [1.165, 1.54) is 43.3 Å². The molecule has 3 aromatic carbocycles. The van der Waals surface area contributed by atoms with Gasteiger partial charge < -0.3 is 5.32 Å². The van der Waals surface area contributed by atoms with Crippen LogP contribution in [0.25, 0.3) is 0 Å². The molecule has 0 atom stereocenters. The first-order chi connectivity index (χ1) is 14.6. The average Bonchev–Trinajstić information content (AvgIpc) is 2.71. The summed E-state index contributed by atoms with van der Waals surface area (Å²) >= 11 is 5.96. The molecule has 0 aromatic heterocycles. The van der Waals surface area contributed by atoms with Gasteiger partial charge in [0.05, 0.1) is 9.82 Å². The third-order valence-corrected chi connectivity index (χ3v) is 6.15. The average molecular weight is 460 g/mol. The van der Waals surface area contributed by atoms with Gasteiger partial charge in [-0.05, 0) is 61.9 Å². The molecule has 1 amide bonds. The zero-order valence-corrected chi connectivity index (χ0v) is 18.1. The van der Waals surface area contributed by atoms with E-state index in [4.69, 9.17) is 11.6 Å². The minimum Gasteiger partial charge on any atom is -0.322 e. The molecular weight excluding hydrogens is 442 g/mol. The molecule has 0 fully saturated rings. The number of carbonyl (C=O) groups is 1. The molecule has 0 bridgehead atoms. The summed E-state index contributed by atoms with van der Waals surface area (Å²) in [5.41, 5.74) is 2.00. The summed E-state index contributed by atoms with van der Waals surface area (Å²) in [4.78, 5) is 22.7. The van der Waals surface area contributed by atoms with Gasteiger partial charge in [0.25, 0.3) is 21.6 Å². The molecule has 31 heavy (non-hydrogen) atoms. The third-order valence-electron chi connectivity index (χ3n) is 4.53. The van der Waals surface area contributed by atoms with E-state index < -0.39 is 14.9 Å². The summed E-state index contributed by atoms with van der Waals surface area (Å²) in [5.74, 6) is -0.381. The molecule has 0 aliphatic carbocycles. The Hall–Kier alpha value is -3.43. The molecule has 3 rings (SSSR count). The van der Waals surface area contributed by atoms with Crippen LogP contribution in [-0.2, 0) is 10.0 Å². The summed E-state index contributed by atoms with van der Waals surface area (Å²) in [6, 6.07) is 14.6. The van der Waals surface area contributed by atoms with Gasteiger partial charge in [0.15, 0.2) is 0 Å². The molecular formula is C21H18ClN3O5S. The molecule has 0 saturated carbocycles. The lowest BCUT2D eigenvalue weighted by atomic mass is 10.1. The first-order valence-corrected chi connectivity index (χ1v) is 10.9. The first kappa shape index (κ1) is 22.3. The fourth-order valence-corrected chi connectivity index (χ4v) is 4.03. The largest absolute Gasteiger partial charge is 0.322 e. The van der Waals surface area contributed by atoms with E-state index in [1.54, 1.807) is 18.2 Å². The predicted molar refractivity (Wildman–Crippen MR) is 119 cm³/mol. The van der Waals surface area contributed by atoms with E-state index in [0.29, 0.717) is 21.8 Å². The maximum absolute atomic E-state index is 12.6. The Morgan fingerprint density at radius 3 is 2.26 bits per heavy atom. The molecule has 0 unspecified atom stereocenters. The van der Waals surface area contributed by atoms with Crippen LogP contribution in [0.2, 0.25) is 5.02 Å². The third kappa shape index (κ3) is 5.19.